The molecule has 1 aromatic rings. The predicted molar refractivity (Wildman–Crippen MR) is 58.0 cm³/mol. The van der Waals surface area contributed by atoms with Gasteiger partial charge in [-0.25, -0.2) is 5.43 Å². The maximum absolute atomic E-state index is 11.8. The first-order chi connectivity index (χ1) is 8.49. The second-order valence-corrected chi connectivity index (χ2v) is 3.01. The average Bonchev–Trinajstić information content (AvgIpc) is 2.30. The number of hydrogen-bond acceptors (Lipinski definition) is 4. The van der Waals surface area contributed by atoms with Crippen LogP contribution in [0.25, 0.3) is 0 Å². The molecule has 6 nitrogen and oxygen atoms in total. The number of carbonyl (C=O) groups excluding carboxylic acids is 2. The third kappa shape index (κ3) is 4.56. The Bertz CT molecular complexity index is 460. The van der Waals surface area contributed by atoms with Gasteiger partial charge in [0.05, 0.1) is 6.21 Å². The van der Waals surface area contributed by atoms with Crippen LogP contribution in [0.4, 0.5) is 8.78 Å². The minimum atomic E-state index is -2.89. The molecule has 0 aromatic heterocycles. The van der Waals surface area contributed by atoms with Gasteiger partial charge in [-0.05, 0) is 29.8 Å². The maximum atomic E-state index is 11.8. The lowest BCUT2D eigenvalue weighted by Crippen LogP contribution is -2.32. The van der Waals surface area contributed by atoms with Crippen LogP contribution in [0.5, 0.6) is 5.75 Å². The van der Waals surface area contributed by atoms with E-state index in [4.69, 9.17) is 0 Å². The van der Waals surface area contributed by atoms with E-state index < -0.39 is 18.4 Å². The Labute approximate surface area is 100 Å². The van der Waals surface area contributed by atoms with Gasteiger partial charge in [0.1, 0.15) is 5.75 Å². The van der Waals surface area contributed by atoms with Gasteiger partial charge in [0.2, 0.25) is 0 Å². The summed E-state index contributed by atoms with van der Waals surface area (Å²) in [7, 11) is 0. The molecule has 1 aromatic carbocycles. The highest BCUT2D eigenvalue weighted by Gasteiger charge is 2.05. The van der Waals surface area contributed by atoms with Gasteiger partial charge in [-0.1, -0.05) is 0 Å². The third-order valence-electron chi connectivity index (χ3n) is 1.71. The fourth-order valence-electron chi connectivity index (χ4n) is 0.956. The summed E-state index contributed by atoms with van der Waals surface area (Å²) in [5, 5.41) is 3.44. The molecule has 96 valence electrons. The number of nitrogens with zero attached hydrogens (tertiary/aromatic N) is 1. The minimum absolute atomic E-state index is 0.00308. The first-order valence-corrected chi connectivity index (χ1v) is 4.67. The Hall–Kier alpha value is -2.51. The van der Waals surface area contributed by atoms with Gasteiger partial charge >= 0.3 is 18.4 Å². The molecule has 1 rings (SSSR count). The van der Waals surface area contributed by atoms with Crippen LogP contribution in [0.3, 0.4) is 0 Å². The highest BCUT2D eigenvalue weighted by Crippen LogP contribution is 2.13. The zero-order valence-electron chi connectivity index (χ0n) is 8.97. The van der Waals surface area contributed by atoms with Gasteiger partial charge in [-0.3, -0.25) is 9.59 Å². The van der Waals surface area contributed by atoms with Crippen molar-refractivity contribution in [1.29, 1.82) is 0 Å². The number of alkyl halides is 2. The van der Waals surface area contributed by atoms with E-state index in [2.05, 4.69) is 15.6 Å². The SMILES string of the molecule is NC(=O)C(=O)NN=Cc1ccc(OC(F)F)cc1. The van der Waals surface area contributed by atoms with Crippen LogP contribution >= 0.6 is 0 Å². The Morgan fingerprint density at radius 1 is 1.33 bits per heavy atom. The van der Waals surface area contributed by atoms with Crippen LogP contribution in [0.1, 0.15) is 5.56 Å². The van der Waals surface area contributed by atoms with Crippen molar-refractivity contribution in [3.05, 3.63) is 29.8 Å². The van der Waals surface area contributed by atoms with Gasteiger partial charge in [0.25, 0.3) is 0 Å². The second kappa shape index (κ2) is 6.28. The molecule has 0 bridgehead atoms. The van der Waals surface area contributed by atoms with Crippen molar-refractivity contribution in [2.24, 2.45) is 10.8 Å². The molecular formula is C10H9F2N3O3. The van der Waals surface area contributed by atoms with Gasteiger partial charge < -0.3 is 10.5 Å². The van der Waals surface area contributed by atoms with Crippen molar-refractivity contribution in [3.8, 4) is 5.75 Å². The van der Waals surface area contributed by atoms with E-state index in [1.165, 1.54) is 30.5 Å². The van der Waals surface area contributed by atoms with E-state index >= 15 is 0 Å². The normalized spacial score (nSPS) is 10.6. The van der Waals surface area contributed by atoms with Crippen LogP contribution in [0.2, 0.25) is 0 Å². The standard InChI is InChI=1S/C10H9F2N3O3/c11-10(12)18-7-3-1-6(2-4-7)5-14-15-9(17)8(13)16/h1-5,10H,(H2,13,16)(H,15,17). The highest BCUT2D eigenvalue weighted by atomic mass is 19.3. The number of primary amides is 1. The van der Waals surface area contributed by atoms with E-state index in [-0.39, 0.29) is 5.75 Å². The molecule has 0 atom stereocenters. The van der Waals surface area contributed by atoms with Gasteiger partial charge in [0.15, 0.2) is 0 Å². The number of halogens is 2. The molecule has 0 spiro atoms. The summed E-state index contributed by atoms with van der Waals surface area (Å²) < 4.78 is 27.8. The van der Waals surface area contributed by atoms with Crippen molar-refractivity contribution in [1.82, 2.24) is 5.43 Å². The topological polar surface area (TPSA) is 93.8 Å². The largest absolute Gasteiger partial charge is 0.435 e. The molecule has 0 aliphatic rings. The summed E-state index contributed by atoms with van der Waals surface area (Å²) in [6.07, 6.45) is 1.22. The quantitative estimate of drug-likeness (QED) is 0.459. The first-order valence-electron chi connectivity index (χ1n) is 4.67. The Morgan fingerprint density at radius 3 is 2.44 bits per heavy atom. The summed E-state index contributed by atoms with van der Waals surface area (Å²) in [6.45, 7) is -2.89. The number of hydrazone groups is 1. The summed E-state index contributed by atoms with van der Waals surface area (Å²) in [5.41, 5.74) is 7.07. The van der Waals surface area contributed by atoms with E-state index in [1.807, 2.05) is 5.43 Å². The molecule has 0 saturated carbocycles. The van der Waals surface area contributed by atoms with E-state index in [1.54, 1.807) is 0 Å². The monoisotopic (exact) mass is 257 g/mol. The van der Waals surface area contributed by atoms with Crippen LogP contribution in [-0.4, -0.2) is 24.6 Å². The number of hydrogen-bond donors (Lipinski definition) is 2. The number of rotatable bonds is 4. The Balaban J connectivity index is 2.55. The molecule has 0 aliphatic heterocycles. The maximum Gasteiger partial charge on any atom is 0.387 e. The number of carbonyl (C=O) groups is 2. The van der Waals surface area contributed by atoms with Crippen molar-refractivity contribution < 1.29 is 23.1 Å². The predicted octanol–water partition coefficient (Wildman–Crippen LogP) is 0.223. The minimum Gasteiger partial charge on any atom is -0.435 e. The first kappa shape index (κ1) is 13.6. The van der Waals surface area contributed by atoms with Crippen molar-refractivity contribution in [3.63, 3.8) is 0 Å². The summed E-state index contributed by atoms with van der Waals surface area (Å²) in [4.78, 5) is 21.0. The smallest absolute Gasteiger partial charge is 0.387 e. The molecule has 18 heavy (non-hydrogen) atoms. The van der Waals surface area contributed by atoms with Crippen LogP contribution < -0.4 is 15.9 Å². The molecule has 0 fully saturated rings. The van der Waals surface area contributed by atoms with Crippen LogP contribution in [0.15, 0.2) is 29.4 Å². The molecule has 8 heteroatoms. The van der Waals surface area contributed by atoms with Gasteiger partial charge in [0, 0.05) is 0 Å². The number of ether oxygens (including phenoxy) is 1. The zero-order chi connectivity index (χ0) is 13.5. The molecule has 0 aliphatic carbocycles. The molecule has 0 unspecified atom stereocenters. The Kier molecular flexibility index (Phi) is 4.73. The second-order valence-electron chi connectivity index (χ2n) is 3.01. The zero-order valence-corrected chi connectivity index (χ0v) is 8.97. The summed E-state index contributed by atoms with van der Waals surface area (Å²) in [6, 6.07) is 5.50. The Morgan fingerprint density at radius 2 is 1.94 bits per heavy atom. The van der Waals surface area contributed by atoms with Crippen LogP contribution in [-0.2, 0) is 9.59 Å². The molecule has 0 heterocycles. The third-order valence-corrected chi connectivity index (χ3v) is 1.71. The average molecular weight is 257 g/mol. The molecule has 0 radical (unpaired) electrons. The fourth-order valence-corrected chi connectivity index (χ4v) is 0.956. The molecular weight excluding hydrogens is 248 g/mol. The van der Waals surface area contributed by atoms with Crippen LogP contribution in [0, 0.1) is 0 Å². The number of nitrogens with one attached hydrogen (secondary N) is 1. The van der Waals surface area contributed by atoms with E-state index in [0.717, 1.165) is 0 Å². The summed E-state index contributed by atoms with van der Waals surface area (Å²) >= 11 is 0. The molecule has 2 amide bonds. The fraction of sp³-hybridized carbons (Fsp3) is 0.100. The summed E-state index contributed by atoms with van der Waals surface area (Å²) in [5.74, 6) is -2.21. The van der Waals surface area contributed by atoms with Gasteiger partial charge in [-0.15, -0.1) is 0 Å². The lowest BCUT2D eigenvalue weighted by molar-refractivity contribution is -0.137. The number of amides is 2. The van der Waals surface area contributed by atoms with E-state index in [9.17, 15) is 18.4 Å². The highest BCUT2D eigenvalue weighted by molar-refractivity contribution is 6.34. The van der Waals surface area contributed by atoms with E-state index in [0.29, 0.717) is 5.56 Å². The number of benzene rings is 1. The van der Waals surface area contributed by atoms with Crippen molar-refractivity contribution >= 4 is 18.0 Å². The number of nitrogens with two attached hydrogens (primary N) is 1. The van der Waals surface area contributed by atoms with Gasteiger partial charge in [-0.2, -0.15) is 13.9 Å². The molecule has 0 saturated heterocycles. The lowest BCUT2D eigenvalue weighted by atomic mass is 10.2. The van der Waals surface area contributed by atoms with Crippen molar-refractivity contribution in [2.45, 2.75) is 6.61 Å². The molecule has 3 N–H and O–H groups in total. The lowest BCUT2D eigenvalue weighted by Gasteiger charge is -2.03. The van der Waals surface area contributed by atoms with Crippen molar-refractivity contribution in [2.75, 3.05) is 0 Å².